The van der Waals surface area contributed by atoms with Gasteiger partial charge in [0, 0.05) is 5.56 Å². The number of carbonyl (C=O) groups is 1. The third kappa shape index (κ3) is 5.42. The molecule has 0 aliphatic rings. The first-order valence-electron chi connectivity index (χ1n) is 5.99. The highest BCUT2D eigenvalue weighted by Crippen LogP contribution is 2.13. The van der Waals surface area contributed by atoms with Gasteiger partial charge in [0.1, 0.15) is 11.4 Å². The van der Waals surface area contributed by atoms with Crippen LogP contribution < -0.4 is 10.2 Å². The van der Waals surface area contributed by atoms with Crippen molar-refractivity contribution in [3.05, 3.63) is 29.8 Å². The Hall–Kier alpha value is -2.04. The van der Waals surface area contributed by atoms with Gasteiger partial charge >= 0.3 is 6.09 Å². The van der Waals surface area contributed by atoms with Crippen LogP contribution in [0.4, 0.5) is 4.79 Å². The fraction of sp³-hybridized carbons (Fsp3) is 0.429. The zero-order valence-corrected chi connectivity index (χ0v) is 12.0. The number of carbonyl (C=O) groups excluding carboxylic acids is 1. The average Bonchev–Trinajstić information content (AvgIpc) is 2.34. The molecule has 5 nitrogen and oxygen atoms in total. The van der Waals surface area contributed by atoms with Crippen molar-refractivity contribution in [2.75, 3.05) is 7.11 Å². The van der Waals surface area contributed by atoms with Gasteiger partial charge in [0.25, 0.3) is 0 Å². The smallest absolute Gasteiger partial charge is 0.428 e. The van der Waals surface area contributed by atoms with E-state index in [0.717, 1.165) is 11.3 Å². The van der Waals surface area contributed by atoms with Crippen molar-refractivity contribution in [1.29, 1.82) is 0 Å². The second kappa shape index (κ2) is 6.22. The van der Waals surface area contributed by atoms with Gasteiger partial charge in [-0.1, -0.05) is 12.1 Å². The van der Waals surface area contributed by atoms with Crippen molar-refractivity contribution in [3.8, 4) is 5.75 Å². The molecule has 0 aliphatic carbocycles. The number of ether oxygens (including phenoxy) is 2. The van der Waals surface area contributed by atoms with Gasteiger partial charge in [-0.2, -0.15) is 5.10 Å². The molecule has 0 aromatic heterocycles. The third-order valence-corrected chi connectivity index (χ3v) is 2.20. The Balaban J connectivity index is 2.69. The van der Waals surface area contributed by atoms with E-state index in [-0.39, 0.29) is 0 Å². The largest absolute Gasteiger partial charge is 0.497 e. The molecule has 0 atom stereocenters. The van der Waals surface area contributed by atoms with Crippen molar-refractivity contribution in [2.45, 2.75) is 33.3 Å². The summed E-state index contributed by atoms with van der Waals surface area (Å²) >= 11 is 0. The molecule has 1 aromatic carbocycles. The normalized spacial score (nSPS) is 11.9. The van der Waals surface area contributed by atoms with E-state index in [1.807, 2.05) is 24.3 Å². The molecule has 0 spiro atoms. The molecule has 0 heterocycles. The molecule has 0 unspecified atom stereocenters. The van der Waals surface area contributed by atoms with Gasteiger partial charge in [-0.05, 0) is 39.8 Å². The van der Waals surface area contributed by atoms with Crippen LogP contribution in [0.15, 0.2) is 29.4 Å². The second-order valence-corrected chi connectivity index (χ2v) is 5.04. The first-order chi connectivity index (χ1) is 8.81. The molecule has 19 heavy (non-hydrogen) atoms. The van der Waals surface area contributed by atoms with Crippen LogP contribution in [0.25, 0.3) is 0 Å². The SMILES string of the molecule is COc1cccc(C(C)=NNC(=O)OC(C)(C)C)c1. The molecule has 1 N–H and O–H groups in total. The van der Waals surface area contributed by atoms with Crippen LogP contribution in [0, 0.1) is 0 Å². The summed E-state index contributed by atoms with van der Waals surface area (Å²) in [6.07, 6.45) is -0.574. The quantitative estimate of drug-likeness (QED) is 0.674. The lowest BCUT2D eigenvalue weighted by molar-refractivity contribution is 0.0529. The number of hydrogen-bond donors (Lipinski definition) is 1. The van der Waals surface area contributed by atoms with Gasteiger partial charge in [0.2, 0.25) is 0 Å². The Labute approximate surface area is 113 Å². The minimum Gasteiger partial charge on any atom is -0.497 e. The van der Waals surface area contributed by atoms with E-state index in [0.29, 0.717) is 5.71 Å². The minimum atomic E-state index is -0.574. The topological polar surface area (TPSA) is 59.9 Å². The van der Waals surface area contributed by atoms with Gasteiger partial charge in [-0.3, -0.25) is 0 Å². The molecule has 1 amide bonds. The standard InChI is InChI=1S/C14H20N2O3/c1-10(11-7-6-8-12(9-11)18-5)15-16-13(17)19-14(2,3)4/h6-9H,1-5H3,(H,16,17). The number of hydrogen-bond acceptors (Lipinski definition) is 4. The minimum absolute atomic E-state index is 0.538. The molecule has 0 fully saturated rings. The lowest BCUT2D eigenvalue weighted by Gasteiger charge is -2.18. The Bertz CT molecular complexity index is 476. The highest BCUT2D eigenvalue weighted by atomic mass is 16.6. The lowest BCUT2D eigenvalue weighted by Crippen LogP contribution is -2.30. The van der Waals surface area contributed by atoms with Crippen LogP contribution in [0.5, 0.6) is 5.75 Å². The maximum Gasteiger partial charge on any atom is 0.428 e. The summed E-state index contributed by atoms with van der Waals surface area (Å²) in [5, 5.41) is 3.99. The highest BCUT2D eigenvalue weighted by Gasteiger charge is 2.15. The summed E-state index contributed by atoms with van der Waals surface area (Å²) in [5.74, 6) is 0.740. The zero-order chi connectivity index (χ0) is 14.5. The van der Waals surface area contributed by atoms with Crippen LogP contribution in [0.2, 0.25) is 0 Å². The summed E-state index contributed by atoms with van der Waals surface area (Å²) in [4.78, 5) is 11.5. The Morgan fingerprint density at radius 2 is 2.00 bits per heavy atom. The number of amides is 1. The van der Waals surface area contributed by atoms with Crippen LogP contribution in [-0.2, 0) is 4.74 Å². The predicted octanol–water partition coefficient (Wildman–Crippen LogP) is 2.94. The Morgan fingerprint density at radius 1 is 1.32 bits per heavy atom. The van der Waals surface area contributed by atoms with Crippen LogP contribution in [0.1, 0.15) is 33.3 Å². The van der Waals surface area contributed by atoms with Crippen molar-refractivity contribution >= 4 is 11.8 Å². The first-order valence-corrected chi connectivity index (χ1v) is 5.99. The number of rotatable bonds is 3. The van der Waals surface area contributed by atoms with Gasteiger partial charge < -0.3 is 9.47 Å². The van der Waals surface area contributed by atoms with Gasteiger partial charge in [-0.25, -0.2) is 10.2 Å². The number of methoxy groups -OCH3 is 1. The monoisotopic (exact) mass is 264 g/mol. The van der Waals surface area contributed by atoms with Crippen LogP contribution in [0.3, 0.4) is 0 Å². The number of hydrazone groups is 1. The van der Waals surface area contributed by atoms with Crippen LogP contribution >= 0.6 is 0 Å². The molecule has 0 aliphatic heterocycles. The molecule has 0 saturated carbocycles. The van der Waals surface area contributed by atoms with Crippen molar-refractivity contribution in [2.24, 2.45) is 5.10 Å². The molecule has 5 heteroatoms. The van der Waals surface area contributed by atoms with E-state index < -0.39 is 11.7 Å². The second-order valence-electron chi connectivity index (χ2n) is 5.04. The van der Waals surface area contributed by atoms with E-state index >= 15 is 0 Å². The zero-order valence-electron chi connectivity index (χ0n) is 12.0. The highest BCUT2D eigenvalue weighted by molar-refractivity contribution is 5.99. The molecular formula is C14H20N2O3. The average molecular weight is 264 g/mol. The van der Waals surface area contributed by atoms with E-state index in [4.69, 9.17) is 9.47 Å². The number of nitrogens with zero attached hydrogens (tertiary/aromatic N) is 1. The number of nitrogens with one attached hydrogen (secondary N) is 1. The van der Waals surface area contributed by atoms with Crippen molar-refractivity contribution < 1.29 is 14.3 Å². The molecule has 0 radical (unpaired) electrons. The Kier molecular flexibility index (Phi) is 4.92. The summed E-state index contributed by atoms with van der Waals surface area (Å²) in [7, 11) is 1.60. The third-order valence-electron chi connectivity index (χ3n) is 2.20. The molecule has 1 rings (SSSR count). The molecule has 0 saturated heterocycles. The van der Waals surface area contributed by atoms with Crippen molar-refractivity contribution in [1.82, 2.24) is 5.43 Å². The Morgan fingerprint density at radius 3 is 2.58 bits per heavy atom. The molecule has 104 valence electrons. The summed E-state index contributed by atoms with van der Waals surface area (Å²) in [5.41, 5.74) is 3.36. The van der Waals surface area contributed by atoms with E-state index in [1.165, 1.54) is 0 Å². The van der Waals surface area contributed by atoms with Crippen LogP contribution in [-0.4, -0.2) is 24.5 Å². The maximum absolute atomic E-state index is 11.5. The maximum atomic E-state index is 11.5. The van der Waals surface area contributed by atoms with Crippen molar-refractivity contribution in [3.63, 3.8) is 0 Å². The molecule has 0 bridgehead atoms. The molecule has 1 aromatic rings. The van der Waals surface area contributed by atoms with E-state index in [9.17, 15) is 4.79 Å². The fourth-order valence-corrected chi connectivity index (χ4v) is 1.34. The van der Waals surface area contributed by atoms with Gasteiger partial charge in [-0.15, -0.1) is 0 Å². The fourth-order valence-electron chi connectivity index (χ4n) is 1.34. The first kappa shape index (κ1) is 15.0. The van der Waals surface area contributed by atoms with Gasteiger partial charge in [0.05, 0.1) is 12.8 Å². The number of benzene rings is 1. The lowest BCUT2D eigenvalue weighted by atomic mass is 10.1. The van der Waals surface area contributed by atoms with Gasteiger partial charge in [0.15, 0.2) is 0 Å². The summed E-state index contributed by atoms with van der Waals surface area (Å²) in [6.45, 7) is 7.19. The van der Waals surface area contributed by atoms with E-state index in [2.05, 4.69) is 10.5 Å². The summed E-state index contributed by atoms with van der Waals surface area (Å²) in [6, 6.07) is 7.44. The van der Waals surface area contributed by atoms with E-state index in [1.54, 1.807) is 34.8 Å². The molecular weight excluding hydrogens is 244 g/mol. The predicted molar refractivity (Wildman–Crippen MR) is 74.6 cm³/mol. The summed E-state index contributed by atoms with van der Waals surface area (Å²) < 4.78 is 10.2.